The normalized spacial score (nSPS) is 24.0. The van der Waals surface area contributed by atoms with E-state index in [1.54, 1.807) is 54.6 Å². The maximum Gasteiger partial charge on any atom is 0.252 e. The fraction of sp³-hybridized carbons (Fsp3) is 0.300. The number of rotatable bonds is 6. The number of aliphatic hydroxyl groups is 2. The Balaban J connectivity index is 1.52. The third-order valence-electron chi connectivity index (χ3n) is 4.54. The molecule has 0 unspecified atom stereocenters. The molecule has 0 radical (unpaired) electrons. The number of benzene rings is 2. The van der Waals surface area contributed by atoms with E-state index >= 15 is 0 Å². The quantitative estimate of drug-likeness (QED) is 0.574. The summed E-state index contributed by atoms with van der Waals surface area (Å²) in [7, 11) is 0. The average molecular weight is 405 g/mol. The van der Waals surface area contributed by atoms with Gasteiger partial charge in [-0.3, -0.25) is 9.59 Å². The van der Waals surface area contributed by atoms with Crippen LogP contribution in [0, 0.1) is 0 Å². The summed E-state index contributed by atoms with van der Waals surface area (Å²) in [6.45, 7) is 0.0202. The van der Waals surface area contributed by atoms with Gasteiger partial charge in [0, 0.05) is 18.7 Å². The second kappa shape index (κ2) is 9.16. The lowest BCUT2D eigenvalue weighted by Crippen LogP contribution is -2.41. The maximum atomic E-state index is 12.2. The van der Waals surface area contributed by atoms with Crippen molar-refractivity contribution in [2.24, 2.45) is 0 Å². The summed E-state index contributed by atoms with van der Waals surface area (Å²) >= 11 is 5.99. The lowest BCUT2D eigenvalue weighted by Gasteiger charge is -2.16. The number of carbonyl (C=O) groups excluding carboxylic acids is 2. The Bertz CT molecular complexity index is 832. The van der Waals surface area contributed by atoms with Crippen LogP contribution in [-0.4, -0.2) is 59.5 Å². The lowest BCUT2D eigenvalue weighted by atomic mass is 10.1. The molecule has 4 N–H and O–H groups in total. The minimum absolute atomic E-state index is 0.00852. The summed E-state index contributed by atoms with van der Waals surface area (Å²) in [6, 6.07) is 15.2. The fourth-order valence-corrected chi connectivity index (χ4v) is 3.20. The minimum Gasteiger partial charge on any atom is -0.388 e. The number of amides is 2. The van der Waals surface area contributed by atoms with Gasteiger partial charge in [0.2, 0.25) is 0 Å². The van der Waals surface area contributed by atoms with E-state index in [9.17, 15) is 19.8 Å². The van der Waals surface area contributed by atoms with E-state index in [0.29, 0.717) is 16.1 Å². The number of aliphatic hydroxyl groups excluding tert-OH is 2. The van der Waals surface area contributed by atoms with Gasteiger partial charge in [0.15, 0.2) is 0 Å². The van der Waals surface area contributed by atoms with Crippen molar-refractivity contribution < 1.29 is 24.5 Å². The van der Waals surface area contributed by atoms with Crippen molar-refractivity contribution in [1.82, 2.24) is 10.6 Å². The molecule has 1 heterocycles. The highest BCUT2D eigenvalue weighted by atomic mass is 35.5. The minimum atomic E-state index is -1.19. The van der Waals surface area contributed by atoms with Crippen LogP contribution in [0.4, 0.5) is 0 Å². The summed E-state index contributed by atoms with van der Waals surface area (Å²) in [5.74, 6) is -0.710. The van der Waals surface area contributed by atoms with Crippen molar-refractivity contribution in [3.05, 3.63) is 70.7 Å². The van der Waals surface area contributed by atoms with E-state index in [0.717, 1.165) is 0 Å². The molecule has 0 aliphatic carbocycles. The molecule has 7 nitrogen and oxygen atoms in total. The van der Waals surface area contributed by atoms with Crippen molar-refractivity contribution in [1.29, 1.82) is 0 Å². The van der Waals surface area contributed by atoms with Gasteiger partial charge in [-0.2, -0.15) is 0 Å². The predicted molar refractivity (Wildman–Crippen MR) is 103 cm³/mol. The number of ether oxygens (including phenoxy) is 1. The van der Waals surface area contributed by atoms with E-state index in [1.807, 2.05) is 0 Å². The molecular weight excluding hydrogens is 384 g/mol. The second-order valence-corrected chi connectivity index (χ2v) is 6.87. The Labute approximate surface area is 167 Å². The van der Waals surface area contributed by atoms with Gasteiger partial charge in [-0.1, -0.05) is 41.9 Å². The molecule has 4 atom stereocenters. The van der Waals surface area contributed by atoms with E-state index < -0.39 is 30.3 Å². The largest absolute Gasteiger partial charge is 0.388 e. The van der Waals surface area contributed by atoms with Crippen LogP contribution in [0.1, 0.15) is 20.7 Å². The second-order valence-electron chi connectivity index (χ2n) is 6.46. The van der Waals surface area contributed by atoms with Gasteiger partial charge in [0.05, 0.1) is 10.6 Å². The van der Waals surface area contributed by atoms with Crippen molar-refractivity contribution in [3.8, 4) is 0 Å². The summed E-state index contributed by atoms with van der Waals surface area (Å²) in [4.78, 5) is 24.3. The molecule has 1 aliphatic heterocycles. The number of nitrogens with one attached hydrogen (secondary N) is 2. The van der Waals surface area contributed by atoms with Crippen LogP contribution in [0.5, 0.6) is 0 Å². The first-order valence-corrected chi connectivity index (χ1v) is 9.22. The van der Waals surface area contributed by atoms with Gasteiger partial charge < -0.3 is 25.6 Å². The Morgan fingerprint density at radius 3 is 2.00 bits per heavy atom. The fourth-order valence-electron chi connectivity index (χ4n) is 2.98. The van der Waals surface area contributed by atoms with E-state index in [2.05, 4.69) is 10.6 Å². The Hall–Kier alpha value is -2.45. The van der Waals surface area contributed by atoms with Crippen molar-refractivity contribution in [2.75, 3.05) is 13.1 Å². The smallest absolute Gasteiger partial charge is 0.252 e. The van der Waals surface area contributed by atoms with E-state index in [-0.39, 0.29) is 19.0 Å². The summed E-state index contributed by atoms with van der Waals surface area (Å²) in [5.41, 5.74) is 0.794. The van der Waals surface area contributed by atoms with Gasteiger partial charge >= 0.3 is 0 Å². The van der Waals surface area contributed by atoms with Crippen molar-refractivity contribution in [3.63, 3.8) is 0 Å². The Morgan fingerprint density at radius 1 is 0.857 bits per heavy atom. The predicted octanol–water partition coefficient (Wildman–Crippen LogP) is 0.989. The molecule has 0 saturated carbocycles. The van der Waals surface area contributed by atoms with Gasteiger partial charge in [-0.25, -0.2) is 0 Å². The first kappa shape index (κ1) is 20.3. The zero-order valence-electron chi connectivity index (χ0n) is 14.9. The molecule has 8 heteroatoms. The number of hydrogen-bond acceptors (Lipinski definition) is 5. The molecule has 1 saturated heterocycles. The molecular formula is C20H21ClN2O5. The van der Waals surface area contributed by atoms with E-state index in [4.69, 9.17) is 16.3 Å². The Kier molecular flexibility index (Phi) is 6.64. The SMILES string of the molecule is O=C(NC[C@H]1O[C@@H](CNC(=O)c2ccccc2Cl)[C@H](O)[C@@H]1O)c1ccccc1. The zero-order valence-corrected chi connectivity index (χ0v) is 15.7. The van der Waals surface area contributed by atoms with Gasteiger partial charge in [0.25, 0.3) is 11.8 Å². The third kappa shape index (κ3) is 4.69. The number of hydrogen-bond donors (Lipinski definition) is 4. The molecule has 148 valence electrons. The number of halogens is 1. The summed E-state index contributed by atoms with van der Waals surface area (Å²) in [5, 5.41) is 26.0. The molecule has 0 bridgehead atoms. The zero-order chi connectivity index (χ0) is 20.1. The summed E-state index contributed by atoms with van der Waals surface area (Å²) < 4.78 is 5.63. The van der Waals surface area contributed by atoms with Crippen LogP contribution >= 0.6 is 11.6 Å². The molecule has 1 aliphatic rings. The Morgan fingerprint density at radius 2 is 1.39 bits per heavy atom. The van der Waals surface area contributed by atoms with Gasteiger partial charge in [0.1, 0.15) is 24.4 Å². The lowest BCUT2D eigenvalue weighted by molar-refractivity contribution is 0.01000. The molecule has 2 aromatic carbocycles. The van der Waals surface area contributed by atoms with Crippen LogP contribution in [0.15, 0.2) is 54.6 Å². The first-order chi connectivity index (χ1) is 13.5. The molecule has 3 rings (SSSR count). The van der Waals surface area contributed by atoms with Crippen molar-refractivity contribution >= 4 is 23.4 Å². The summed E-state index contributed by atoms with van der Waals surface area (Å²) in [6.07, 6.45) is -3.96. The highest BCUT2D eigenvalue weighted by Gasteiger charge is 2.42. The van der Waals surface area contributed by atoms with Crippen LogP contribution in [-0.2, 0) is 4.74 Å². The topological polar surface area (TPSA) is 108 Å². The van der Waals surface area contributed by atoms with Gasteiger partial charge in [-0.05, 0) is 24.3 Å². The van der Waals surface area contributed by atoms with Crippen LogP contribution in [0.2, 0.25) is 5.02 Å². The third-order valence-corrected chi connectivity index (χ3v) is 4.87. The molecule has 2 aromatic rings. The molecule has 0 aromatic heterocycles. The average Bonchev–Trinajstić information content (AvgIpc) is 2.99. The van der Waals surface area contributed by atoms with Crippen LogP contribution < -0.4 is 10.6 Å². The highest BCUT2D eigenvalue weighted by Crippen LogP contribution is 2.21. The maximum absolute atomic E-state index is 12.2. The standard InChI is InChI=1S/C20H21ClN2O5/c21-14-9-5-4-8-13(14)20(27)23-11-16-18(25)17(24)15(28-16)10-22-19(26)12-6-2-1-3-7-12/h1-9,15-18,24-25H,10-11H2,(H,22,26)(H,23,27)/t15-,16+,17-,18+/m1/s1. The number of carbonyl (C=O) groups is 2. The van der Waals surface area contributed by atoms with Crippen LogP contribution in [0.25, 0.3) is 0 Å². The molecule has 1 fully saturated rings. The van der Waals surface area contributed by atoms with Crippen molar-refractivity contribution in [2.45, 2.75) is 24.4 Å². The molecule has 0 spiro atoms. The van der Waals surface area contributed by atoms with Gasteiger partial charge in [-0.15, -0.1) is 0 Å². The molecule has 2 amide bonds. The monoisotopic (exact) mass is 404 g/mol. The van der Waals surface area contributed by atoms with E-state index in [1.165, 1.54) is 0 Å². The molecule has 28 heavy (non-hydrogen) atoms. The van der Waals surface area contributed by atoms with Crippen LogP contribution in [0.3, 0.4) is 0 Å². The highest BCUT2D eigenvalue weighted by molar-refractivity contribution is 6.33. The first-order valence-electron chi connectivity index (χ1n) is 8.85.